The average molecular weight is 213 g/mol. The molecule has 4 nitrogen and oxygen atoms in total. The third-order valence-corrected chi connectivity index (χ3v) is 1.36. The van der Waals surface area contributed by atoms with Gasteiger partial charge in [0.1, 0.15) is 6.04 Å². The van der Waals surface area contributed by atoms with Gasteiger partial charge in [-0.25, -0.2) is 0 Å². The molecule has 0 rings (SSSR count). The predicted molar refractivity (Wildman–Crippen MR) is 41.4 cm³/mol. The van der Waals surface area contributed by atoms with E-state index in [1.54, 1.807) is 0 Å². The van der Waals surface area contributed by atoms with Crippen molar-refractivity contribution in [3.63, 3.8) is 0 Å². The van der Waals surface area contributed by atoms with E-state index in [2.05, 4.69) is 5.32 Å². The first-order chi connectivity index (χ1) is 5.22. The maximum Gasteiger partial charge on any atom is 0.320 e. The first-order valence-electron chi connectivity index (χ1n) is 3.79. The summed E-state index contributed by atoms with van der Waals surface area (Å²) in [6.45, 7) is 2.55. The van der Waals surface area contributed by atoms with E-state index in [0.717, 1.165) is 6.42 Å². The largest absolute Gasteiger partial charge is 0.480 e. The Morgan fingerprint density at radius 3 is 2.50 bits per heavy atom. The van der Waals surface area contributed by atoms with E-state index in [9.17, 15) is 4.79 Å². The molecule has 0 amide bonds. The van der Waals surface area contributed by atoms with Gasteiger partial charge < -0.3 is 15.5 Å². The summed E-state index contributed by atoms with van der Waals surface area (Å²) in [4.78, 5) is 10.4. The molecule has 5 heteroatoms. The van der Waals surface area contributed by atoms with E-state index >= 15 is 0 Å². The summed E-state index contributed by atoms with van der Waals surface area (Å²) >= 11 is 0. The van der Waals surface area contributed by atoms with Crippen molar-refractivity contribution in [3.8, 4) is 0 Å². The Kier molecular flexibility index (Phi) is 10.9. The SMILES string of the molecule is CCCN[C@@H](CCO)C(=O)O.[Cr]. The number of hydrogen-bond donors (Lipinski definition) is 3. The molecule has 0 aromatic carbocycles. The van der Waals surface area contributed by atoms with Crippen LogP contribution < -0.4 is 5.32 Å². The minimum Gasteiger partial charge on any atom is -0.480 e. The number of carboxylic acids is 1. The van der Waals surface area contributed by atoms with Crippen LogP contribution in [0, 0.1) is 0 Å². The minimum absolute atomic E-state index is 0. The van der Waals surface area contributed by atoms with E-state index in [-0.39, 0.29) is 30.4 Å². The molecule has 3 N–H and O–H groups in total. The van der Waals surface area contributed by atoms with Gasteiger partial charge in [-0.3, -0.25) is 4.79 Å². The summed E-state index contributed by atoms with van der Waals surface area (Å²) in [6.07, 6.45) is 1.17. The standard InChI is InChI=1S/C7H15NO3.Cr/c1-2-4-8-6(3-5-9)7(10)11;/h6,8-9H,2-5H2,1H3,(H,10,11);/t6-;/m0./s1. The molecule has 0 spiro atoms. The molecule has 0 aromatic rings. The molecule has 1 atom stereocenters. The fraction of sp³-hybridized carbons (Fsp3) is 0.857. The zero-order chi connectivity index (χ0) is 8.69. The van der Waals surface area contributed by atoms with Crippen LogP contribution in [0.15, 0.2) is 0 Å². The Morgan fingerprint density at radius 2 is 2.17 bits per heavy atom. The predicted octanol–water partition coefficient (Wildman–Crippen LogP) is -0.181. The van der Waals surface area contributed by atoms with E-state index < -0.39 is 12.0 Å². The van der Waals surface area contributed by atoms with Crippen LogP contribution in [0.1, 0.15) is 19.8 Å². The van der Waals surface area contributed by atoms with Gasteiger partial charge in [-0.2, -0.15) is 0 Å². The van der Waals surface area contributed by atoms with E-state index in [1.807, 2.05) is 6.92 Å². The molecule has 0 saturated heterocycles. The van der Waals surface area contributed by atoms with Crippen LogP contribution in [-0.2, 0) is 22.2 Å². The molecular weight excluding hydrogens is 198 g/mol. The van der Waals surface area contributed by atoms with Crippen LogP contribution in [0.3, 0.4) is 0 Å². The van der Waals surface area contributed by atoms with Crippen LogP contribution >= 0.6 is 0 Å². The van der Waals surface area contributed by atoms with Crippen molar-refractivity contribution < 1.29 is 32.4 Å². The maximum atomic E-state index is 10.4. The van der Waals surface area contributed by atoms with Crippen molar-refractivity contribution in [1.29, 1.82) is 0 Å². The number of aliphatic carboxylic acids is 1. The summed E-state index contributed by atoms with van der Waals surface area (Å²) in [7, 11) is 0. The second kappa shape index (κ2) is 9.01. The van der Waals surface area contributed by atoms with Crippen molar-refractivity contribution in [2.45, 2.75) is 25.8 Å². The van der Waals surface area contributed by atoms with E-state index in [1.165, 1.54) is 0 Å². The Morgan fingerprint density at radius 1 is 1.58 bits per heavy atom. The van der Waals surface area contributed by atoms with Crippen molar-refractivity contribution >= 4 is 5.97 Å². The zero-order valence-electron chi connectivity index (χ0n) is 7.12. The fourth-order valence-electron chi connectivity index (χ4n) is 0.761. The van der Waals surface area contributed by atoms with Crippen LogP contribution in [0.25, 0.3) is 0 Å². The summed E-state index contributed by atoms with van der Waals surface area (Å²) < 4.78 is 0. The normalized spacial score (nSPS) is 11.8. The quantitative estimate of drug-likeness (QED) is 0.572. The molecule has 0 aliphatic carbocycles. The Hall–Kier alpha value is -0.0775. The molecule has 0 heterocycles. The number of nitrogens with one attached hydrogen (secondary N) is 1. The number of rotatable bonds is 6. The molecule has 0 aliphatic heterocycles. The van der Waals surface area contributed by atoms with Crippen LogP contribution in [0.2, 0.25) is 0 Å². The number of aliphatic hydroxyl groups excluding tert-OH is 1. The topological polar surface area (TPSA) is 69.6 Å². The Bertz CT molecular complexity index is 121. The van der Waals surface area contributed by atoms with Gasteiger partial charge in [0.15, 0.2) is 0 Å². The van der Waals surface area contributed by atoms with E-state index in [4.69, 9.17) is 10.2 Å². The summed E-state index contributed by atoms with van der Waals surface area (Å²) in [5, 5.41) is 19.8. The molecule has 72 valence electrons. The number of aliphatic hydroxyl groups is 1. The molecule has 0 aliphatic rings. The van der Waals surface area contributed by atoms with Crippen molar-refractivity contribution in [1.82, 2.24) is 5.32 Å². The van der Waals surface area contributed by atoms with Gasteiger partial charge >= 0.3 is 5.97 Å². The maximum absolute atomic E-state index is 10.4. The number of carboxylic acid groups (broad SMARTS) is 1. The van der Waals surface area contributed by atoms with Crippen LogP contribution in [-0.4, -0.2) is 35.4 Å². The molecule has 0 radical (unpaired) electrons. The second-order valence-electron chi connectivity index (χ2n) is 2.36. The molecule has 0 saturated carbocycles. The molecule has 0 bridgehead atoms. The smallest absolute Gasteiger partial charge is 0.320 e. The molecule has 0 unspecified atom stereocenters. The summed E-state index contributed by atoms with van der Waals surface area (Å²) in [6, 6.07) is -0.597. The summed E-state index contributed by atoms with van der Waals surface area (Å²) in [5.74, 6) is -0.896. The third-order valence-electron chi connectivity index (χ3n) is 1.36. The van der Waals surface area contributed by atoms with Crippen molar-refractivity contribution in [2.75, 3.05) is 13.2 Å². The molecule has 0 fully saturated rings. The zero-order valence-corrected chi connectivity index (χ0v) is 8.39. The van der Waals surface area contributed by atoms with Crippen LogP contribution in [0.5, 0.6) is 0 Å². The minimum atomic E-state index is -0.896. The second-order valence-corrected chi connectivity index (χ2v) is 2.36. The van der Waals surface area contributed by atoms with Gasteiger partial charge in [0.2, 0.25) is 0 Å². The van der Waals surface area contributed by atoms with Gasteiger partial charge in [-0.05, 0) is 19.4 Å². The molecule has 0 aromatic heterocycles. The Balaban J connectivity index is 0. The number of hydrogen-bond acceptors (Lipinski definition) is 3. The first kappa shape index (κ1) is 14.4. The van der Waals surface area contributed by atoms with Gasteiger partial charge in [-0.1, -0.05) is 6.92 Å². The van der Waals surface area contributed by atoms with Gasteiger partial charge in [0.05, 0.1) is 0 Å². The summed E-state index contributed by atoms with van der Waals surface area (Å²) in [5.41, 5.74) is 0. The fourth-order valence-corrected chi connectivity index (χ4v) is 0.761. The van der Waals surface area contributed by atoms with Gasteiger partial charge in [0, 0.05) is 24.0 Å². The van der Waals surface area contributed by atoms with Gasteiger partial charge in [-0.15, -0.1) is 0 Å². The average Bonchev–Trinajstić information content (AvgIpc) is 1.97. The van der Waals surface area contributed by atoms with Crippen molar-refractivity contribution in [2.24, 2.45) is 0 Å². The van der Waals surface area contributed by atoms with Gasteiger partial charge in [0.25, 0.3) is 0 Å². The van der Waals surface area contributed by atoms with Crippen molar-refractivity contribution in [3.05, 3.63) is 0 Å². The third kappa shape index (κ3) is 6.62. The Labute approximate surface area is 83.1 Å². The molecular formula is C7H15CrNO3. The monoisotopic (exact) mass is 213 g/mol. The molecule has 12 heavy (non-hydrogen) atoms. The van der Waals surface area contributed by atoms with E-state index in [0.29, 0.717) is 6.54 Å². The van der Waals surface area contributed by atoms with Crippen LogP contribution in [0.4, 0.5) is 0 Å². The first-order valence-corrected chi connectivity index (χ1v) is 3.79. The number of carbonyl (C=O) groups is 1.